The van der Waals surface area contributed by atoms with Gasteiger partial charge in [-0.3, -0.25) is 0 Å². The lowest BCUT2D eigenvalue weighted by Crippen LogP contribution is -2.05. The van der Waals surface area contributed by atoms with Crippen LogP contribution >= 0.6 is 0 Å². The van der Waals surface area contributed by atoms with E-state index in [-0.39, 0.29) is 18.3 Å². The summed E-state index contributed by atoms with van der Waals surface area (Å²) >= 11 is 0. The van der Waals surface area contributed by atoms with Gasteiger partial charge in [0, 0.05) is 0 Å². The molecule has 0 heterocycles. The highest BCUT2D eigenvalue weighted by Gasteiger charge is 2.04. The van der Waals surface area contributed by atoms with Crippen LogP contribution in [0.4, 0.5) is 0 Å². The van der Waals surface area contributed by atoms with Crippen LogP contribution in [-0.2, 0) is 0 Å². The number of aliphatic hydroxyl groups is 3. The fourth-order valence-electron chi connectivity index (χ4n) is 6.88. The standard InChI is InChI=1S/3C16H34O/c1-3-5-6-7-8-9-10-11-12-13-14-15-16(17)4-2;1-3-5-6-7-8-9-10-11-12-13-15-16(17)14-4-2;1-3-5-7-9-10-11-13-15-16(17)14-12-8-6-4-2/h3*16-17H,3-15H2,1-2H3. The average Bonchev–Trinajstić information content (AvgIpc) is 3.13. The fourth-order valence-corrected chi connectivity index (χ4v) is 6.88. The predicted octanol–water partition coefficient (Wildman–Crippen LogP) is 16.4. The summed E-state index contributed by atoms with van der Waals surface area (Å²) in [6, 6.07) is 0. The second kappa shape index (κ2) is 52.0. The van der Waals surface area contributed by atoms with Crippen molar-refractivity contribution in [2.75, 3.05) is 0 Å². The van der Waals surface area contributed by atoms with Gasteiger partial charge in [0.15, 0.2) is 0 Å². The van der Waals surface area contributed by atoms with Gasteiger partial charge in [-0.15, -0.1) is 0 Å². The molecular formula is C48H102O3. The molecule has 0 aromatic heterocycles. The Morgan fingerprint density at radius 3 is 0.647 bits per heavy atom. The Kier molecular flexibility index (Phi) is 56.3. The van der Waals surface area contributed by atoms with Crippen molar-refractivity contribution in [3.05, 3.63) is 0 Å². The first-order valence-electron chi connectivity index (χ1n) is 24.0. The van der Waals surface area contributed by atoms with Crippen LogP contribution in [0.3, 0.4) is 0 Å². The first-order chi connectivity index (χ1) is 24.9. The molecule has 0 bridgehead atoms. The molecule has 0 aliphatic rings. The van der Waals surface area contributed by atoms with Crippen LogP contribution < -0.4 is 0 Å². The van der Waals surface area contributed by atoms with Gasteiger partial charge in [0.2, 0.25) is 0 Å². The van der Waals surface area contributed by atoms with Gasteiger partial charge in [-0.2, -0.15) is 0 Å². The van der Waals surface area contributed by atoms with Crippen LogP contribution in [0.25, 0.3) is 0 Å². The number of hydrogen-bond acceptors (Lipinski definition) is 3. The summed E-state index contributed by atoms with van der Waals surface area (Å²) in [5.41, 5.74) is 0. The Hall–Kier alpha value is -0.120. The van der Waals surface area contributed by atoms with Gasteiger partial charge in [0.25, 0.3) is 0 Å². The van der Waals surface area contributed by atoms with E-state index in [1.54, 1.807) is 0 Å². The molecule has 0 saturated carbocycles. The van der Waals surface area contributed by atoms with Crippen LogP contribution in [0.15, 0.2) is 0 Å². The van der Waals surface area contributed by atoms with E-state index in [1.165, 1.54) is 205 Å². The topological polar surface area (TPSA) is 60.7 Å². The van der Waals surface area contributed by atoms with E-state index in [9.17, 15) is 15.3 Å². The summed E-state index contributed by atoms with van der Waals surface area (Å²) in [4.78, 5) is 0. The third-order valence-corrected chi connectivity index (χ3v) is 10.7. The largest absolute Gasteiger partial charge is 0.393 e. The zero-order chi connectivity index (χ0) is 38.3. The molecule has 0 spiro atoms. The van der Waals surface area contributed by atoms with Crippen molar-refractivity contribution >= 4 is 0 Å². The minimum absolute atomic E-state index is 0.0255. The molecule has 0 radical (unpaired) electrons. The molecule has 0 fully saturated rings. The van der Waals surface area contributed by atoms with E-state index < -0.39 is 0 Å². The first-order valence-corrected chi connectivity index (χ1v) is 24.0. The average molecular weight is 727 g/mol. The van der Waals surface area contributed by atoms with Crippen molar-refractivity contribution in [3.63, 3.8) is 0 Å². The maximum Gasteiger partial charge on any atom is 0.0540 e. The lowest BCUT2D eigenvalue weighted by molar-refractivity contribution is 0.147. The van der Waals surface area contributed by atoms with E-state index in [1.807, 2.05) is 0 Å². The van der Waals surface area contributed by atoms with Gasteiger partial charge < -0.3 is 15.3 Å². The highest BCUT2D eigenvalue weighted by molar-refractivity contribution is 4.58. The summed E-state index contributed by atoms with van der Waals surface area (Å²) in [6.07, 6.45) is 50.5. The molecule has 312 valence electrons. The van der Waals surface area contributed by atoms with Crippen LogP contribution in [0.5, 0.6) is 0 Å². The number of unbranched alkanes of at least 4 members (excludes halogenated alkanes) is 28. The molecule has 0 saturated heterocycles. The van der Waals surface area contributed by atoms with Crippen molar-refractivity contribution in [2.24, 2.45) is 0 Å². The second-order valence-corrected chi connectivity index (χ2v) is 16.2. The van der Waals surface area contributed by atoms with Crippen molar-refractivity contribution in [1.82, 2.24) is 0 Å². The minimum Gasteiger partial charge on any atom is -0.393 e. The molecule has 0 aromatic rings. The second-order valence-electron chi connectivity index (χ2n) is 16.2. The lowest BCUT2D eigenvalue weighted by atomic mass is 10.0. The molecule has 0 rings (SSSR count). The van der Waals surface area contributed by atoms with Crippen LogP contribution in [0, 0.1) is 0 Å². The van der Waals surface area contributed by atoms with Crippen molar-refractivity contribution in [2.45, 2.75) is 310 Å². The summed E-state index contributed by atoms with van der Waals surface area (Å²) in [6.45, 7) is 13.2. The molecule has 0 amide bonds. The molecule has 0 aliphatic heterocycles. The minimum atomic E-state index is -0.0476. The third kappa shape index (κ3) is 56.8. The molecule has 0 aromatic carbocycles. The highest BCUT2D eigenvalue weighted by Crippen LogP contribution is 2.16. The van der Waals surface area contributed by atoms with Crippen molar-refractivity contribution in [3.8, 4) is 0 Å². The molecule has 0 aliphatic carbocycles. The SMILES string of the molecule is CCCCCCCCCC(O)CCCCCC.CCCCCCCCCCCCC(O)CCC.CCCCCCCCCCCCCC(O)CC. The van der Waals surface area contributed by atoms with Crippen molar-refractivity contribution < 1.29 is 15.3 Å². The Bertz CT molecular complexity index is 553. The van der Waals surface area contributed by atoms with Gasteiger partial charge in [0.05, 0.1) is 18.3 Å². The van der Waals surface area contributed by atoms with E-state index in [0.717, 1.165) is 44.9 Å². The monoisotopic (exact) mass is 727 g/mol. The first kappa shape index (κ1) is 55.2. The highest BCUT2D eigenvalue weighted by atomic mass is 16.3. The van der Waals surface area contributed by atoms with E-state index in [4.69, 9.17) is 0 Å². The molecule has 3 heteroatoms. The maximum atomic E-state index is 9.79. The molecule has 3 N–H and O–H groups in total. The number of rotatable bonds is 39. The van der Waals surface area contributed by atoms with Gasteiger partial charge in [0.1, 0.15) is 0 Å². The van der Waals surface area contributed by atoms with Gasteiger partial charge >= 0.3 is 0 Å². The lowest BCUT2D eigenvalue weighted by Gasteiger charge is -2.09. The van der Waals surface area contributed by atoms with Crippen LogP contribution in [0.1, 0.15) is 292 Å². The Labute approximate surface area is 324 Å². The van der Waals surface area contributed by atoms with E-state index >= 15 is 0 Å². The molecule has 51 heavy (non-hydrogen) atoms. The summed E-state index contributed by atoms with van der Waals surface area (Å²) in [7, 11) is 0. The maximum absolute atomic E-state index is 9.79. The Balaban J connectivity index is -0.000000678. The van der Waals surface area contributed by atoms with Crippen LogP contribution in [0.2, 0.25) is 0 Å². The molecule has 3 nitrogen and oxygen atoms in total. The molecular weight excluding hydrogens is 625 g/mol. The normalized spacial score (nSPS) is 12.9. The zero-order valence-electron chi connectivity index (χ0n) is 36.7. The Morgan fingerprint density at radius 2 is 0.412 bits per heavy atom. The van der Waals surface area contributed by atoms with E-state index in [2.05, 4.69) is 41.5 Å². The number of hydrogen-bond donors (Lipinski definition) is 3. The zero-order valence-corrected chi connectivity index (χ0v) is 36.7. The fraction of sp³-hybridized carbons (Fsp3) is 1.00. The molecule has 3 atom stereocenters. The number of aliphatic hydroxyl groups excluding tert-OH is 3. The van der Waals surface area contributed by atoms with E-state index in [0.29, 0.717) is 0 Å². The predicted molar refractivity (Wildman–Crippen MR) is 232 cm³/mol. The summed E-state index contributed by atoms with van der Waals surface area (Å²) in [5.74, 6) is 0. The smallest absolute Gasteiger partial charge is 0.0540 e. The summed E-state index contributed by atoms with van der Waals surface area (Å²) in [5, 5.41) is 28.8. The van der Waals surface area contributed by atoms with Crippen LogP contribution in [-0.4, -0.2) is 33.6 Å². The summed E-state index contributed by atoms with van der Waals surface area (Å²) < 4.78 is 0. The Morgan fingerprint density at radius 1 is 0.216 bits per heavy atom. The quantitative estimate of drug-likeness (QED) is 0.0553. The van der Waals surface area contributed by atoms with Gasteiger partial charge in [-0.1, -0.05) is 253 Å². The van der Waals surface area contributed by atoms with Gasteiger partial charge in [-0.25, -0.2) is 0 Å². The van der Waals surface area contributed by atoms with Gasteiger partial charge in [-0.05, 0) is 38.5 Å². The van der Waals surface area contributed by atoms with Crippen molar-refractivity contribution in [1.29, 1.82) is 0 Å². The molecule has 3 unspecified atom stereocenters. The third-order valence-electron chi connectivity index (χ3n) is 10.7.